The van der Waals surface area contributed by atoms with Crippen LogP contribution in [0.1, 0.15) is 39.2 Å². The second-order valence-electron chi connectivity index (χ2n) is 6.60. The molecule has 0 aliphatic heterocycles. The molecule has 0 spiro atoms. The molecule has 1 aromatic heterocycles. The molecule has 1 unspecified atom stereocenters. The van der Waals surface area contributed by atoms with E-state index in [1.54, 1.807) is 67.0 Å². The van der Waals surface area contributed by atoms with Crippen LogP contribution in [0.15, 0.2) is 73.1 Å². The minimum Gasteiger partial charge on any atom is -0.492 e. The molecule has 1 atom stereocenters. The van der Waals surface area contributed by atoms with E-state index in [2.05, 4.69) is 10.3 Å². The first-order valence-corrected chi connectivity index (χ1v) is 9.71. The number of nitrogens with two attached hydrogens (primary N) is 3. The highest BCUT2D eigenvalue weighted by atomic mass is 16.5. The summed E-state index contributed by atoms with van der Waals surface area (Å²) < 4.78 is 5.59. The molecule has 162 valence electrons. The molecule has 0 bridgehead atoms. The molecule has 0 saturated carbocycles. The Hall–Kier alpha value is -3.75. The van der Waals surface area contributed by atoms with Gasteiger partial charge in [-0.2, -0.15) is 0 Å². The topological polar surface area (TPSA) is 146 Å². The van der Waals surface area contributed by atoms with Crippen LogP contribution >= 0.6 is 0 Å². The largest absolute Gasteiger partial charge is 0.492 e. The summed E-state index contributed by atoms with van der Waals surface area (Å²) in [6, 6.07) is 17.2. The summed E-state index contributed by atoms with van der Waals surface area (Å²) in [6.07, 6.45) is 3.23. The molecule has 31 heavy (non-hydrogen) atoms. The third-order valence-corrected chi connectivity index (χ3v) is 4.14. The number of hydrogen-bond donors (Lipinski definition) is 4. The number of benzene rings is 2. The van der Waals surface area contributed by atoms with Crippen molar-refractivity contribution in [1.29, 1.82) is 0 Å². The number of pyridine rings is 1. The van der Waals surface area contributed by atoms with E-state index >= 15 is 0 Å². The number of primary amides is 1. The van der Waals surface area contributed by atoms with Gasteiger partial charge in [0.1, 0.15) is 12.4 Å². The zero-order valence-electron chi connectivity index (χ0n) is 17.3. The Morgan fingerprint density at radius 3 is 2.26 bits per heavy atom. The molecule has 8 heteroatoms. The van der Waals surface area contributed by atoms with Gasteiger partial charge in [0.15, 0.2) is 0 Å². The number of hydrogen-bond acceptors (Lipinski definition) is 6. The molecule has 0 aliphatic rings. The fraction of sp³-hybridized carbons (Fsp3) is 0.174. The van der Waals surface area contributed by atoms with E-state index in [9.17, 15) is 9.59 Å². The lowest BCUT2D eigenvalue weighted by atomic mass is 10.0. The van der Waals surface area contributed by atoms with Gasteiger partial charge in [-0.1, -0.05) is 24.3 Å². The zero-order valence-corrected chi connectivity index (χ0v) is 17.3. The van der Waals surface area contributed by atoms with Gasteiger partial charge in [0, 0.05) is 47.4 Å². The minimum atomic E-state index is -0.379. The molecule has 0 saturated heterocycles. The van der Waals surface area contributed by atoms with Gasteiger partial charge < -0.3 is 27.3 Å². The molecule has 7 N–H and O–H groups in total. The first-order valence-electron chi connectivity index (χ1n) is 9.71. The summed E-state index contributed by atoms with van der Waals surface area (Å²) in [5.74, 6) is -0.0153. The van der Waals surface area contributed by atoms with Gasteiger partial charge in [0.25, 0.3) is 5.91 Å². The Labute approximate surface area is 181 Å². The van der Waals surface area contributed by atoms with E-state index in [1.165, 1.54) is 0 Å². The Balaban J connectivity index is 0.000000316. The first-order chi connectivity index (χ1) is 14.9. The molecule has 2 aromatic carbocycles. The van der Waals surface area contributed by atoms with Crippen LogP contribution in [0, 0.1) is 0 Å². The van der Waals surface area contributed by atoms with Gasteiger partial charge in [0.05, 0.1) is 0 Å². The van der Waals surface area contributed by atoms with Crippen LogP contribution in [0.3, 0.4) is 0 Å². The number of nitrogens with one attached hydrogen (secondary N) is 1. The van der Waals surface area contributed by atoms with Crippen molar-refractivity contribution in [3.63, 3.8) is 0 Å². The average molecular weight is 422 g/mol. The smallest absolute Gasteiger partial charge is 0.255 e. The quantitative estimate of drug-likeness (QED) is 0.461. The predicted octanol–water partition coefficient (Wildman–Crippen LogP) is 2.48. The number of nitrogens with zero attached hydrogens (tertiary/aromatic N) is 1. The van der Waals surface area contributed by atoms with E-state index in [0.717, 1.165) is 5.56 Å². The normalized spacial score (nSPS) is 10.9. The number of aromatic nitrogens is 1. The lowest BCUT2D eigenvalue weighted by Gasteiger charge is -2.15. The predicted molar refractivity (Wildman–Crippen MR) is 121 cm³/mol. The van der Waals surface area contributed by atoms with Gasteiger partial charge in [-0.25, -0.2) is 0 Å². The van der Waals surface area contributed by atoms with Crippen LogP contribution in [0.25, 0.3) is 0 Å². The van der Waals surface area contributed by atoms with Crippen molar-refractivity contribution in [2.75, 3.05) is 18.5 Å². The number of anilines is 1. The lowest BCUT2D eigenvalue weighted by molar-refractivity contribution is 0.0997. The summed E-state index contributed by atoms with van der Waals surface area (Å²) in [7, 11) is 0. The van der Waals surface area contributed by atoms with E-state index in [0.29, 0.717) is 35.7 Å². The van der Waals surface area contributed by atoms with Crippen molar-refractivity contribution in [3.8, 4) is 5.75 Å². The molecule has 2 amide bonds. The van der Waals surface area contributed by atoms with Crippen LogP contribution in [-0.2, 0) is 0 Å². The van der Waals surface area contributed by atoms with Crippen molar-refractivity contribution in [2.24, 2.45) is 17.2 Å². The van der Waals surface area contributed by atoms with Crippen LogP contribution in [-0.4, -0.2) is 29.9 Å². The van der Waals surface area contributed by atoms with Crippen molar-refractivity contribution in [1.82, 2.24) is 4.98 Å². The maximum absolute atomic E-state index is 12.3. The van der Waals surface area contributed by atoms with Crippen LogP contribution in [0.4, 0.5) is 5.69 Å². The molecule has 0 radical (unpaired) electrons. The zero-order chi connectivity index (χ0) is 22.6. The van der Waals surface area contributed by atoms with Gasteiger partial charge in [-0.3, -0.25) is 14.6 Å². The number of carbonyl (C=O) groups excluding carboxylic acids is 2. The Kier molecular flexibility index (Phi) is 9.15. The summed E-state index contributed by atoms with van der Waals surface area (Å²) >= 11 is 0. The fourth-order valence-corrected chi connectivity index (χ4v) is 2.59. The van der Waals surface area contributed by atoms with E-state index in [1.807, 2.05) is 13.0 Å². The highest BCUT2D eigenvalue weighted by Crippen LogP contribution is 2.25. The summed E-state index contributed by atoms with van der Waals surface area (Å²) in [5, 5.41) is 2.80. The second-order valence-corrected chi connectivity index (χ2v) is 6.60. The third kappa shape index (κ3) is 7.54. The van der Waals surface area contributed by atoms with E-state index in [4.69, 9.17) is 21.9 Å². The molecule has 1 heterocycles. The maximum Gasteiger partial charge on any atom is 0.255 e. The Morgan fingerprint density at radius 1 is 1.03 bits per heavy atom. The third-order valence-electron chi connectivity index (χ3n) is 4.14. The summed E-state index contributed by atoms with van der Waals surface area (Å²) in [4.78, 5) is 26.6. The monoisotopic (exact) mass is 421 g/mol. The molecule has 3 rings (SSSR count). The van der Waals surface area contributed by atoms with Gasteiger partial charge in [-0.05, 0) is 43.3 Å². The SMILES string of the molecule is CC(N)c1ccc(C(=O)Nc2ccncc2)cc1OCCN.NC(=O)c1ccccc1. The number of rotatable bonds is 7. The van der Waals surface area contributed by atoms with Gasteiger partial charge in [-0.15, -0.1) is 0 Å². The van der Waals surface area contributed by atoms with Crippen molar-refractivity contribution in [3.05, 3.63) is 89.7 Å². The van der Waals surface area contributed by atoms with E-state index < -0.39 is 0 Å². The van der Waals surface area contributed by atoms with Crippen LogP contribution in [0.2, 0.25) is 0 Å². The Bertz CT molecular complexity index is 979. The molecular formula is C23H27N5O3. The molecule has 0 aliphatic carbocycles. The molecule has 0 fully saturated rings. The maximum atomic E-state index is 12.3. The summed E-state index contributed by atoms with van der Waals surface area (Å²) in [6.45, 7) is 2.63. The molecule has 8 nitrogen and oxygen atoms in total. The van der Waals surface area contributed by atoms with Crippen molar-refractivity contribution >= 4 is 17.5 Å². The van der Waals surface area contributed by atoms with Crippen LogP contribution in [0.5, 0.6) is 5.75 Å². The average Bonchev–Trinajstić information content (AvgIpc) is 2.79. The number of ether oxygens (including phenoxy) is 1. The lowest BCUT2D eigenvalue weighted by Crippen LogP contribution is -2.16. The molecule has 3 aromatic rings. The second kappa shape index (κ2) is 12.1. The molecular weight excluding hydrogens is 394 g/mol. The van der Waals surface area contributed by atoms with Crippen LogP contribution < -0.4 is 27.3 Å². The fourth-order valence-electron chi connectivity index (χ4n) is 2.59. The van der Waals surface area contributed by atoms with E-state index in [-0.39, 0.29) is 17.9 Å². The van der Waals surface area contributed by atoms with Crippen molar-refractivity contribution in [2.45, 2.75) is 13.0 Å². The summed E-state index contributed by atoms with van der Waals surface area (Å²) in [5.41, 5.74) is 18.9. The van der Waals surface area contributed by atoms with Gasteiger partial charge >= 0.3 is 0 Å². The standard InChI is InChI=1S/C16H20N4O2.C7H7NO/c1-11(18)14-3-2-12(10-15(14)22-9-6-17)16(21)20-13-4-7-19-8-5-13;8-7(9)6-4-2-1-3-5-6/h2-5,7-8,10-11H,6,9,17-18H2,1H3,(H,19,20,21);1-5H,(H2,8,9). The van der Waals surface area contributed by atoms with Crippen molar-refractivity contribution < 1.29 is 14.3 Å². The van der Waals surface area contributed by atoms with Gasteiger partial charge in [0.2, 0.25) is 5.91 Å². The minimum absolute atomic E-state index is 0.190. The highest BCUT2D eigenvalue weighted by Gasteiger charge is 2.13. The highest BCUT2D eigenvalue weighted by molar-refractivity contribution is 6.04. The number of carbonyl (C=O) groups is 2. The number of amides is 2. The Morgan fingerprint density at radius 2 is 1.71 bits per heavy atom. The first kappa shape index (κ1) is 23.5.